The Hall–Kier alpha value is -1.05. The van der Waals surface area contributed by atoms with Gasteiger partial charge < -0.3 is 18.9 Å². The number of carbonyl (C=O) groups excluding carboxylic acids is 1. The zero-order chi connectivity index (χ0) is 29.9. The summed E-state index contributed by atoms with van der Waals surface area (Å²) < 4.78 is 23.9. The van der Waals surface area contributed by atoms with Crippen molar-refractivity contribution in [1.29, 1.82) is 0 Å². The Morgan fingerprint density at radius 2 is 1.88 bits per heavy atom. The molecule has 5 aliphatic rings. The number of fused-ring (bicyclic) bond motifs is 4. The number of hydrogen-bond acceptors (Lipinski definition) is 6. The van der Waals surface area contributed by atoms with Gasteiger partial charge in [0.1, 0.15) is 0 Å². The van der Waals surface area contributed by atoms with Crippen molar-refractivity contribution < 1.29 is 23.7 Å². The molecule has 6 heteroatoms. The van der Waals surface area contributed by atoms with Gasteiger partial charge in [0.05, 0.1) is 44.7 Å². The largest absolute Gasteiger partial charge is 0.382 e. The first-order chi connectivity index (χ1) is 20.2. The van der Waals surface area contributed by atoms with Crippen molar-refractivity contribution in [3.63, 3.8) is 0 Å². The molecule has 0 amide bonds. The van der Waals surface area contributed by atoms with Crippen molar-refractivity contribution in [3.05, 3.63) is 23.8 Å². The Morgan fingerprint density at radius 1 is 1.12 bits per heavy atom. The van der Waals surface area contributed by atoms with E-state index in [-0.39, 0.29) is 16.8 Å². The molecule has 1 spiro atoms. The zero-order valence-corrected chi connectivity index (χ0v) is 27.3. The van der Waals surface area contributed by atoms with Gasteiger partial charge in [0.25, 0.3) is 0 Å². The van der Waals surface area contributed by atoms with E-state index < -0.39 is 0 Å². The fourth-order valence-electron chi connectivity index (χ4n) is 10.1. The topological polar surface area (TPSA) is 57.2 Å². The highest BCUT2D eigenvalue weighted by molar-refractivity contribution is 5.89. The predicted octanol–water partition coefficient (Wildman–Crippen LogP) is 6.63. The molecule has 0 N–H and O–H groups in total. The number of ketones is 1. The third kappa shape index (κ3) is 6.63. The Labute approximate surface area is 255 Å². The monoisotopic (exact) mass is 585 g/mol. The Bertz CT molecular complexity index is 980. The molecule has 6 nitrogen and oxygen atoms in total. The number of nitrogens with zero attached hydrogens (tertiary/aromatic N) is 1. The van der Waals surface area contributed by atoms with Crippen molar-refractivity contribution in [2.24, 2.45) is 35.0 Å². The Balaban J connectivity index is 1.24. The summed E-state index contributed by atoms with van der Waals surface area (Å²) in [7, 11) is 1.70. The maximum Gasteiger partial charge on any atom is 0.155 e. The fraction of sp³-hybridized carbons (Fsp3) is 0.861. The maximum atomic E-state index is 12.1. The molecule has 3 aliphatic carbocycles. The van der Waals surface area contributed by atoms with E-state index in [9.17, 15) is 4.79 Å². The number of piperidine rings is 1. The van der Waals surface area contributed by atoms with Gasteiger partial charge in [-0.15, -0.1) is 0 Å². The lowest BCUT2D eigenvalue weighted by Gasteiger charge is -2.45. The van der Waals surface area contributed by atoms with Gasteiger partial charge >= 0.3 is 0 Å². The summed E-state index contributed by atoms with van der Waals surface area (Å²) in [4.78, 5) is 14.8. The molecule has 238 valence electrons. The minimum Gasteiger partial charge on any atom is -0.382 e. The molecule has 0 aromatic rings. The van der Waals surface area contributed by atoms with Crippen LogP contribution in [0, 0.1) is 35.0 Å². The van der Waals surface area contributed by atoms with E-state index in [2.05, 4.69) is 39.2 Å². The summed E-state index contributed by atoms with van der Waals surface area (Å²) in [6.45, 7) is 18.9. The SMILES string of the molecule is C=CC(=O)CC[C@@]1(C)CCC[C@H]2C3CC[C@@]4(CC(C)=C3C[C@@H]21)O[C@@H]1C[C@H](C)CN(CCOCCOCCOC)[C@H]1[C@H]4C. The summed E-state index contributed by atoms with van der Waals surface area (Å²) >= 11 is 0. The molecule has 9 atom stereocenters. The minimum atomic E-state index is -0.0427. The van der Waals surface area contributed by atoms with Crippen LogP contribution < -0.4 is 0 Å². The summed E-state index contributed by atoms with van der Waals surface area (Å²) in [5.41, 5.74) is 3.62. The summed E-state index contributed by atoms with van der Waals surface area (Å²) in [5.74, 6) is 3.56. The van der Waals surface area contributed by atoms with Gasteiger partial charge in [-0.1, -0.05) is 44.9 Å². The number of rotatable bonds is 13. The third-order valence-electron chi connectivity index (χ3n) is 12.3. The number of carbonyl (C=O) groups is 1. The Morgan fingerprint density at radius 3 is 2.64 bits per heavy atom. The fourth-order valence-corrected chi connectivity index (χ4v) is 10.1. The standard InChI is InChI=1S/C36H59NO5/c1-7-28(38)10-13-35(5)12-8-9-30-29-11-14-36(23-26(3)31(29)22-32(30)35)27(4)34-33(42-36)21-25(2)24-37(34)15-16-40-19-20-41-18-17-39-6/h7,25,27,29-30,32-34H,1,8-24H2,2-6H3/t25-,27+,29?,30-,32-,33+,34-,35+,36-/m0/s1. The highest BCUT2D eigenvalue weighted by atomic mass is 16.5. The van der Waals surface area contributed by atoms with Gasteiger partial charge in [-0.05, 0) is 93.5 Å². The molecule has 1 unspecified atom stereocenters. The smallest absolute Gasteiger partial charge is 0.155 e. The molecule has 0 aromatic heterocycles. The van der Waals surface area contributed by atoms with Gasteiger partial charge in [-0.2, -0.15) is 0 Å². The summed E-state index contributed by atoms with van der Waals surface area (Å²) in [5, 5.41) is 0. The molecule has 4 fully saturated rings. The number of hydrogen-bond donors (Lipinski definition) is 0. The molecule has 42 heavy (non-hydrogen) atoms. The van der Waals surface area contributed by atoms with Gasteiger partial charge in [0, 0.05) is 38.6 Å². The van der Waals surface area contributed by atoms with E-state index in [1.165, 1.54) is 51.0 Å². The third-order valence-corrected chi connectivity index (χ3v) is 12.3. The van der Waals surface area contributed by atoms with Gasteiger partial charge in [0.2, 0.25) is 0 Å². The highest BCUT2D eigenvalue weighted by Crippen LogP contribution is 2.62. The summed E-state index contributed by atoms with van der Waals surface area (Å²) in [6.07, 6.45) is 13.4. The van der Waals surface area contributed by atoms with Crippen LogP contribution in [0.2, 0.25) is 0 Å². The first kappa shape index (κ1) is 32.3. The van der Waals surface area contributed by atoms with Crippen LogP contribution >= 0.6 is 0 Å². The van der Waals surface area contributed by atoms with E-state index in [1.54, 1.807) is 18.3 Å². The number of likely N-dealkylation sites (tertiary alicyclic amines) is 1. The normalized spacial score (nSPS) is 40.1. The van der Waals surface area contributed by atoms with Crippen LogP contribution in [-0.4, -0.2) is 81.7 Å². The number of allylic oxidation sites excluding steroid dienone is 2. The lowest BCUT2D eigenvalue weighted by atomic mass is 9.60. The van der Waals surface area contributed by atoms with Crippen LogP contribution in [0.3, 0.4) is 0 Å². The average Bonchev–Trinajstić information content (AvgIpc) is 3.43. The molecule has 5 rings (SSSR count). The predicted molar refractivity (Wildman–Crippen MR) is 167 cm³/mol. The van der Waals surface area contributed by atoms with Crippen LogP contribution in [0.25, 0.3) is 0 Å². The molecular formula is C36H59NO5. The lowest BCUT2D eigenvalue weighted by molar-refractivity contribution is -0.115. The molecule has 2 saturated carbocycles. The molecule has 0 bridgehead atoms. The number of methoxy groups -OCH3 is 1. The molecular weight excluding hydrogens is 526 g/mol. The molecule has 0 radical (unpaired) electrons. The van der Waals surface area contributed by atoms with Crippen LogP contribution in [-0.2, 0) is 23.7 Å². The van der Waals surface area contributed by atoms with Crippen molar-refractivity contribution in [3.8, 4) is 0 Å². The first-order valence-corrected chi connectivity index (χ1v) is 17.1. The van der Waals surface area contributed by atoms with Crippen molar-refractivity contribution in [1.82, 2.24) is 4.90 Å². The van der Waals surface area contributed by atoms with E-state index in [0.29, 0.717) is 62.7 Å². The lowest BCUT2D eigenvalue weighted by Crippen LogP contribution is -2.52. The second-order valence-electron chi connectivity index (χ2n) is 14.9. The van der Waals surface area contributed by atoms with E-state index >= 15 is 0 Å². The second-order valence-corrected chi connectivity index (χ2v) is 14.9. The maximum absolute atomic E-state index is 12.1. The van der Waals surface area contributed by atoms with Gasteiger partial charge in [-0.25, -0.2) is 0 Å². The van der Waals surface area contributed by atoms with E-state index in [4.69, 9.17) is 18.9 Å². The van der Waals surface area contributed by atoms with Crippen LogP contribution in [0.15, 0.2) is 23.8 Å². The minimum absolute atomic E-state index is 0.0427. The van der Waals surface area contributed by atoms with Crippen molar-refractivity contribution >= 4 is 5.78 Å². The van der Waals surface area contributed by atoms with Crippen LogP contribution in [0.4, 0.5) is 0 Å². The van der Waals surface area contributed by atoms with Gasteiger partial charge in [-0.3, -0.25) is 9.69 Å². The molecule has 0 aromatic carbocycles. The van der Waals surface area contributed by atoms with Crippen molar-refractivity contribution in [2.45, 2.75) is 110 Å². The number of ether oxygens (including phenoxy) is 4. The Kier molecular flexibility index (Phi) is 10.7. The average molecular weight is 586 g/mol. The molecule has 2 saturated heterocycles. The first-order valence-electron chi connectivity index (χ1n) is 17.1. The van der Waals surface area contributed by atoms with Gasteiger partial charge in [0.15, 0.2) is 5.78 Å². The van der Waals surface area contributed by atoms with Crippen molar-refractivity contribution in [2.75, 3.05) is 53.2 Å². The van der Waals surface area contributed by atoms with E-state index in [0.717, 1.165) is 44.4 Å². The second kappa shape index (κ2) is 13.9. The molecule has 2 aliphatic heterocycles. The van der Waals surface area contributed by atoms with E-state index in [1.807, 2.05) is 0 Å². The molecule has 2 heterocycles. The van der Waals surface area contributed by atoms with Crippen LogP contribution in [0.5, 0.6) is 0 Å². The highest BCUT2D eigenvalue weighted by Gasteiger charge is 2.58. The summed E-state index contributed by atoms with van der Waals surface area (Å²) in [6, 6.07) is 0.478. The van der Waals surface area contributed by atoms with Crippen LogP contribution in [0.1, 0.15) is 91.9 Å². The zero-order valence-electron chi connectivity index (χ0n) is 27.3. The quantitative estimate of drug-likeness (QED) is 0.137.